The second-order valence-electron chi connectivity index (χ2n) is 8.51. The quantitative estimate of drug-likeness (QED) is 0.534. The van der Waals surface area contributed by atoms with Crippen molar-refractivity contribution in [1.29, 1.82) is 0 Å². The Bertz CT molecular complexity index is 943. The number of H-pyrrole nitrogens is 1. The lowest BCUT2D eigenvalue weighted by Gasteiger charge is -2.24. The number of anilines is 1. The minimum Gasteiger partial charge on any atom is -0.378 e. The fourth-order valence-corrected chi connectivity index (χ4v) is 3.59. The summed E-state index contributed by atoms with van der Waals surface area (Å²) in [7, 11) is 4.07. The molecule has 0 saturated carbocycles. The Balaban J connectivity index is 1.70. The number of carbonyl (C=O) groups is 1. The summed E-state index contributed by atoms with van der Waals surface area (Å²) in [4.78, 5) is 20.4. The SMILES string of the molecule is CC(C)CNCC(=O)N(CCc1c[nH]c2ccccc12)Cc1ccc(N(C)C)cc1. The van der Waals surface area contributed by atoms with Crippen LogP contribution in [0.15, 0.2) is 54.7 Å². The maximum atomic E-state index is 13.0. The highest BCUT2D eigenvalue weighted by Crippen LogP contribution is 2.19. The minimum atomic E-state index is 0.146. The molecule has 3 rings (SSSR count). The van der Waals surface area contributed by atoms with Crippen molar-refractivity contribution < 1.29 is 4.79 Å². The van der Waals surface area contributed by atoms with Crippen molar-refractivity contribution in [3.8, 4) is 0 Å². The van der Waals surface area contributed by atoms with Crippen LogP contribution in [0.3, 0.4) is 0 Å². The van der Waals surface area contributed by atoms with Crippen molar-refractivity contribution in [1.82, 2.24) is 15.2 Å². The average Bonchev–Trinajstić information content (AvgIpc) is 3.14. The molecule has 5 nitrogen and oxygen atoms in total. The summed E-state index contributed by atoms with van der Waals surface area (Å²) in [6, 6.07) is 16.8. The topological polar surface area (TPSA) is 51.4 Å². The number of aromatic nitrogens is 1. The van der Waals surface area contributed by atoms with Gasteiger partial charge in [0, 0.05) is 50.0 Å². The van der Waals surface area contributed by atoms with Gasteiger partial charge in [-0.05, 0) is 48.2 Å². The molecule has 0 aliphatic carbocycles. The van der Waals surface area contributed by atoms with Crippen molar-refractivity contribution in [2.75, 3.05) is 38.6 Å². The van der Waals surface area contributed by atoms with E-state index in [0.29, 0.717) is 25.6 Å². The molecule has 0 radical (unpaired) electrons. The first-order valence-corrected chi connectivity index (χ1v) is 10.7. The number of fused-ring (bicyclic) bond motifs is 1. The molecule has 3 aromatic rings. The first-order chi connectivity index (χ1) is 14.4. The van der Waals surface area contributed by atoms with E-state index in [9.17, 15) is 4.79 Å². The lowest BCUT2D eigenvalue weighted by atomic mass is 10.1. The zero-order valence-corrected chi connectivity index (χ0v) is 18.6. The second kappa shape index (κ2) is 10.3. The largest absolute Gasteiger partial charge is 0.378 e. The van der Waals surface area contributed by atoms with E-state index >= 15 is 0 Å². The van der Waals surface area contributed by atoms with Gasteiger partial charge < -0.3 is 20.1 Å². The summed E-state index contributed by atoms with van der Waals surface area (Å²) < 4.78 is 0. The molecule has 0 fully saturated rings. The van der Waals surface area contributed by atoms with Gasteiger partial charge in [-0.1, -0.05) is 44.2 Å². The molecule has 1 amide bonds. The molecule has 0 bridgehead atoms. The lowest BCUT2D eigenvalue weighted by Crippen LogP contribution is -2.39. The Morgan fingerprint density at radius 3 is 2.50 bits per heavy atom. The molecule has 2 N–H and O–H groups in total. The predicted octanol–water partition coefficient (Wildman–Crippen LogP) is 4.05. The molecule has 0 saturated heterocycles. The van der Waals surface area contributed by atoms with E-state index in [1.165, 1.54) is 10.9 Å². The number of nitrogens with zero attached hydrogens (tertiary/aromatic N) is 2. The Hall–Kier alpha value is -2.79. The first-order valence-electron chi connectivity index (χ1n) is 10.7. The van der Waals surface area contributed by atoms with Gasteiger partial charge in [0.1, 0.15) is 0 Å². The monoisotopic (exact) mass is 406 g/mol. The smallest absolute Gasteiger partial charge is 0.236 e. The van der Waals surface area contributed by atoms with Crippen molar-refractivity contribution in [3.63, 3.8) is 0 Å². The Labute approximate surface area is 180 Å². The van der Waals surface area contributed by atoms with E-state index in [4.69, 9.17) is 0 Å². The number of hydrogen-bond donors (Lipinski definition) is 2. The van der Waals surface area contributed by atoms with Crippen molar-refractivity contribution >= 4 is 22.5 Å². The van der Waals surface area contributed by atoms with E-state index in [1.54, 1.807) is 0 Å². The highest BCUT2D eigenvalue weighted by molar-refractivity contribution is 5.83. The number of rotatable bonds is 10. The Kier molecular flexibility index (Phi) is 7.52. The highest BCUT2D eigenvalue weighted by atomic mass is 16.2. The van der Waals surface area contributed by atoms with Crippen LogP contribution in [-0.4, -0.2) is 49.5 Å². The van der Waals surface area contributed by atoms with Crippen molar-refractivity contribution in [3.05, 3.63) is 65.9 Å². The second-order valence-corrected chi connectivity index (χ2v) is 8.51. The molecule has 5 heteroatoms. The van der Waals surface area contributed by atoms with Crippen LogP contribution >= 0.6 is 0 Å². The molecule has 0 aliphatic rings. The first kappa shape index (κ1) is 21.9. The van der Waals surface area contributed by atoms with Gasteiger partial charge in [-0.3, -0.25) is 4.79 Å². The van der Waals surface area contributed by atoms with Gasteiger partial charge >= 0.3 is 0 Å². The van der Waals surface area contributed by atoms with Gasteiger partial charge in [-0.2, -0.15) is 0 Å². The van der Waals surface area contributed by atoms with Crippen molar-refractivity contribution in [2.45, 2.75) is 26.8 Å². The van der Waals surface area contributed by atoms with Gasteiger partial charge in [0.15, 0.2) is 0 Å². The fourth-order valence-electron chi connectivity index (χ4n) is 3.59. The predicted molar refractivity (Wildman–Crippen MR) is 126 cm³/mol. The zero-order chi connectivity index (χ0) is 21.5. The molecule has 160 valence electrons. The van der Waals surface area contributed by atoms with E-state index in [1.807, 2.05) is 25.1 Å². The molecule has 0 atom stereocenters. The van der Waals surface area contributed by atoms with E-state index < -0.39 is 0 Å². The maximum absolute atomic E-state index is 13.0. The fraction of sp³-hybridized carbons (Fsp3) is 0.400. The Morgan fingerprint density at radius 2 is 1.80 bits per heavy atom. The minimum absolute atomic E-state index is 0.146. The van der Waals surface area contributed by atoms with E-state index in [-0.39, 0.29) is 5.91 Å². The normalized spacial score (nSPS) is 11.2. The van der Waals surface area contributed by atoms with Gasteiger partial charge in [-0.15, -0.1) is 0 Å². The summed E-state index contributed by atoms with van der Waals surface area (Å²) in [5.74, 6) is 0.670. The number of para-hydroxylation sites is 1. The molecule has 1 heterocycles. The van der Waals surface area contributed by atoms with Crippen LogP contribution in [0.2, 0.25) is 0 Å². The number of amides is 1. The summed E-state index contributed by atoms with van der Waals surface area (Å²) in [6.45, 7) is 6.84. The highest BCUT2D eigenvalue weighted by Gasteiger charge is 2.15. The third-order valence-electron chi connectivity index (χ3n) is 5.33. The third kappa shape index (κ3) is 5.86. The van der Waals surface area contributed by atoms with Crippen LogP contribution in [0.4, 0.5) is 5.69 Å². The van der Waals surface area contributed by atoms with Gasteiger partial charge in [0.05, 0.1) is 6.54 Å². The molecule has 1 aromatic heterocycles. The number of hydrogen-bond acceptors (Lipinski definition) is 3. The van der Waals surface area contributed by atoms with Crippen LogP contribution in [-0.2, 0) is 17.8 Å². The Morgan fingerprint density at radius 1 is 1.07 bits per heavy atom. The molecular formula is C25H34N4O. The molecule has 2 aromatic carbocycles. The number of aromatic amines is 1. The van der Waals surface area contributed by atoms with Crippen LogP contribution in [0, 0.1) is 5.92 Å². The van der Waals surface area contributed by atoms with E-state index in [2.05, 4.69) is 77.7 Å². The zero-order valence-electron chi connectivity index (χ0n) is 18.6. The molecule has 0 unspecified atom stereocenters. The number of nitrogens with one attached hydrogen (secondary N) is 2. The number of benzene rings is 2. The number of carbonyl (C=O) groups excluding carboxylic acids is 1. The van der Waals surface area contributed by atoms with Crippen molar-refractivity contribution in [2.24, 2.45) is 5.92 Å². The van der Waals surface area contributed by atoms with Gasteiger partial charge in [-0.25, -0.2) is 0 Å². The average molecular weight is 407 g/mol. The molecule has 30 heavy (non-hydrogen) atoms. The van der Waals surface area contributed by atoms with Crippen LogP contribution in [0.5, 0.6) is 0 Å². The summed E-state index contributed by atoms with van der Waals surface area (Å²) in [6.07, 6.45) is 2.89. The van der Waals surface area contributed by atoms with Crippen LogP contribution in [0.25, 0.3) is 10.9 Å². The van der Waals surface area contributed by atoms with E-state index in [0.717, 1.165) is 29.7 Å². The molecular weight excluding hydrogens is 372 g/mol. The molecule has 0 aliphatic heterocycles. The lowest BCUT2D eigenvalue weighted by molar-refractivity contribution is -0.130. The van der Waals surface area contributed by atoms with Gasteiger partial charge in [0.25, 0.3) is 0 Å². The standard InChI is InChI=1S/C25H34N4O/c1-19(2)15-26-17-25(30)29(18-20-9-11-22(12-10-20)28(3)4)14-13-21-16-27-24-8-6-5-7-23(21)24/h5-12,16,19,26-27H,13-15,17-18H2,1-4H3. The van der Waals surface area contributed by atoms with Gasteiger partial charge in [0.2, 0.25) is 5.91 Å². The maximum Gasteiger partial charge on any atom is 0.236 e. The summed E-state index contributed by atoms with van der Waals surface area (Å²) >= 11 is 0. The third-order valence-corrected chi connectivity index (χ3v) is 5.33. The molecule has 0 spiro atoms. The summed E-state index contributed by atoms with van der Waals surface area (Å²) in [5, 5.41) is 4.53. The van der Waals surface area contributed by atoms with Crippen LogP contribution in [0.1, 0.15) is 25.0 Å². The van der Waals surface area contributed by atoms with Crippen LogP contribution < -0.4 is 10.2 Å². The summed E-state index contributed by atoms with van der Waals surface area (Å²) in [5.41, 5.74) is 4.70.